The summed E-state index contributed by atoms with van der Waals surface area (Å²) in [4.78, 5) is 16.4. The smallest absolute Gasteiger partial charge is 0.341 e. The van der Waals surface area contributed by atoms with Crippen molar-refractivity contribution in [3.05, 3.63) is 34.5 Å². The minimum atomic E-state index is -0.488. The first-order valence-electron chi connectivity index (χ1n) is 6.37. The number of halogens is 1. The van der Waals surface area contributed by atoms with Crippen LogP contribution in [0.1, 0.15) is 16.1 Å². The molecule has 0 aliphatic rings. The monoisotopic (exact) mass is 303 g/mol. The Morgan fingerprint density at radius 2 is 2.14 bits per heavy atom. The van der Waals surface area contributed by atoms with Crippen LogP contribution in [0, 0.1) is 6.92 Å². The number of aromatic nitrogens is 2. The van der Waals surface area contributed by atoms with E-state index < -0.39 is 5.97 Å². The third-order valence-corrected chi connectivity index (χ3v) is 3.93. The van der Waals surface area contributed by atoms with Crippen LogP contribution in [0.25, 0.3) is 21.9 Å². The lowest BCUT2D eigenvalue weighted by molar-refractivity contribution is 0.0601. The van der Waals surface area contributed by atoms with Crippen LogP contribution in [0.4, 0.5) is 5.69 Å². The highest BCUT2D eigenvalue weighted by Crippen LogP contribution is 2.35. The number of nitrogen functional groups attached to an aromatic ring is 1. The molecule has 108 valence electrons. The van der Waals surface area contributed by atoms with Crippen LogP contribution in [0.3, 0.4) is 0 Å². The quantitative estimate of drug-likeness (QED) is 0.701. The Morgan fingerprint density at radius 3 is 2.81 bits per heavy atom. The first kappa shape index (κ1) is 13.7. The Morgan fingerprint density at radius 1 is 1.43 bits per heavy atom. The number of hydrogen-bond acceptors (Lipinski definition) is 4. The van der Waals surface area contributed by atoms with Crippen molar-refractivity contribution in [2.24, 2.45) is 7.05 Å². The van der Waals surface area contributed by atoms with Gasteiger partial charge in [-0.05, 0) is 25.1 Å². The Hall–Kier alpha value is -2.27. The Kier molecular flexibility index (Phi) is 3.02. The largest absolute Gasteiger partial charge is 0.465 e. The molecule has 0 amide bonds. The molecule has 21 heavy (non-hydrogen) atoms. The van der Waals surface area contributed by atoms with Gasteiger partial charge < -0.3 is 15.0 Å². The number of ether oxygens (including phenoxy) is 1. The fraction of sp³-hybridized carbons (Fsp3) is 0.200. The van der Waals surface area contributed by atoms with Crippen LogP contribution >= 0.6 is 11.6 Å². The van der Waals surface area contributed by atoms with E-state index >= 15 is 0 Å². The molecular formula is C15H14ClN3O2. The molecule has 0 bridgehead atoms. The van der Waals surface area contributed by atoms with Gasteiger partial charge in [-0.15, -0.1) is 0 Å². The van der Waals surface area contributed by atoms with Gasteiger partial charge >= 0.3 is 5.97 Å². The third-order valence-electron chi connectivity index (χ3n) is 3.69. The zero-order valence-electron chi connectivity index (χ0n) is 11.9. The van der Waals surface area contributed by atoms with E-state index in [9.17, 15) is 4.79 Å². The molecule has 0 aliphatic carbocycles. The van der Waals surface area contributed by atoms with Crippen molar-refractivity contribution in [3.8, 4) is 0 Å². The molecule has 0 unspecified atom stereocenters. The number of nitrogens with zero attached hydrogens (tertiary/aromatic N) is 2. The number of esters is 1. The summed E-state index contributed by atoms with van der Waals surface area (Å²) < 4.78 is 6.73. The van der Waals surface area contributed by atoms with E-state index in [2.05, 4.69) is 4.98 Å². The molecule has 6 heteroatoms. The summed E-state index contributed by atoms with van der Waals surface area (Å²) in [5.74, 6) is -0.488. The van der Waals surface area contributed by atoms with Gasteiger partial charge in [0, 0.05) is 17.5 Å². The highest BCUT2D eigenvalue weighted by Gasteiger charge is 2.21. The van der Waals surface area contributed by atoms with Gasteiger partial charge in [0.15, 0.2) is 0 Å². The van der Waals surface area contributed by atoms with Gasteiger partial charge in [0.05, 0.1) is 29.4 Å². The van der Waals surface area contributed by atoms with Crippen molar-refractivity contribution >= 4 is 45.2 Å². The SMILES string of the molecule is COC(=O)c1c(C)nc2c(c1N)c1cc(Cl)ccc1n2C. The van der Waals surface area contributed by atoms with Crippen molar-refractivity contribution in [1.82, 2.24) is 9.55 Å². The molecule has 5 nitrogen and oxygen atoms in total. The van der Waals surface area contributed by atoms with E-state index in [-0.39, 0.29) is 0 Å². The number of anilines is 1. The van der Waals surface area contributed by atoms with Crippen LogP contribution in [0.15, 0.2) is 18.2 Å². The maximum Gasteiger partial charge on any atom is 0.341 e. The highest BCUT2D eigenvalue weighted by molar-refractivity contribution is 6.32. The third kappa shape index (κ3) is 1.85. The predicted octanol–water partition coefficient (Wildman–Crippen LogP) is 3.06. The van der Waals surface area contributed by atoms with Crippen LogP contribution in [0.5, 0.6) is 0 Å². The Labute approximate surface area is 126 Å². The number of benzene rings is 1. The minimum absolute atomic E-state index is 0.303. The fourth-order valence-electron chi connectivity index (χ4n) is 2.69. The first-order chi connectivity index (χ1) is 9.95. The van der Waals surface area contributed by atoms with Gasteiger partial charge in [-0.2, -0.15) is 0 Å². The van der Waals surface area contributed by atoms with Gasteiger partial charge in [0.25, 0.3) is 0 Å². The van der Waals surface area contributed by atoms with E-state index in [1.54, 1.807) is 6.92 Å². The summed E-state index contributed by atoms with van der Waals surface area (Å²) in [7, 11) is 3.23. The summed E-state index contributed by atoms with van der Waals surface area (Å²) in [5, 5.41) is 2.20. The van der Waals surface area contributed by atoms with E-state index in [0.717, 1.165) is 21.9 Å². The number of aryl methyl sites for hydroxylation is 2. The maximum atomic E-state index is 11.9. The normalized spacial score (nSPS) is 11.2. The molecule has 0 aliphatic heterocycles. The Bertz CT molecular complexity index is 899. The van der Waals surface area contributed by atoms with Crippen LogP contribution in [0.2, 0.25) is 5.02 Å². The second-order valence-electron chi connectivity index (χ2n) is 4.90. The summed E-state index contributed by atoms with van der Waals surface area (Å²) in [6.07, 6.45) is 0. The maximum absolute atomic E-state index is 11.9. The van der Waals surface area contributed by atoms with Crippen molar-refractivity contribution < 1.29 is 9.53 Å². The standard InChI is InChI=1S/C15H14ClN3O2/c1-7-11(15(20)21-3)13(17)12-9-6-8(16)4-5-10(9)19(2)14(12)18-7/h4-6H,1-3H3,(H2,17,18). The topological polar surface area (TPSA) is 70.1 Å². The molecule has 0 spiro atoms. The summed E-state index contributed by atoms with van der Waals surface area (Å²) in [6, 6.07) is 5.55. The average molecular weight is 304 g/mol. The molecule has 3 rings (SSSR count). The average Bonchev–Trinajstić information content (AvgIpc) is 2.71. The molecule has 0 atom stereocenters. The number of carbonyl (C=O) groups is 1. The second-order valence-corrected chi connectivity index (χ2v) is 5.33. The van der Waals surface area contributed by atoms with Crippen molar-refractivity contribution in [3.63, 3.8) is 0 Å². The highest BCUT2D eigenvalue weighted by atomic mass is 35.5. The number of hydrogen-bond donors (Lipinski definition) is 1. The lowest BCUT2D eigenvalue weighted by Gasteiger charge is -2.08. The summed E-state index contributed by atoms with van der Waals surface area (Å²) >= 11 is 6.08. The number of fused-ring (bicyclic) bond motifs is 3. The van der Waals surface area contributed by atoms with Crippen molar-refractivity contribution in [2.45, 2.75) is 6.92 Å². The summed E-state index contributed by atoms with van der Waals surface area (Å²) in [5.41, 5.74) is 9.12. The number of pyridine rings is 1. The van der Waals surface area contributed by atoms with Gasteiger partial charge in [-0.25, -0.2) is 9.78 Å². The second kappa shape index (κ2) is 4.63. The van der Waals surface area contributed by atoms with E-state index in [1.165, 1.54) is 7.11 Å². The Balaban J connectivity index is 2.55. The minimum Gasteiger partial charge on any atom is -0.465 e. The molecule has 0 saturated carbocycles. The first-order valence-corrected chi connectivity index (χ1v) is 6.75. The molecule has 2 N–H and O–H groups in total. The van der Waals surface area contributed by atoms with Crippen molar-refractivity contribution in [2.75, 3.05) is 12.8 Å². The summed E-state index contributed by atoms with van der Waals surface area (Å²) in [6.45, 7) is 1.74. The van der Waals surface area contributed by atoms with E-state index in [4.69, 9.17) is 22.1 Å². The van der Waals surface area contributed by atoms with E-state index in [1.807, 2.05) is 29.8 Å². The number of methoxy groups -OCH3 is 1. The van der Waals surface area contributed by atoms with Crippen LogP contribution in [-0.2, 0) is 11.8 Å². The van der Waals surface area contributed by atoms with Gasteiger partial charge in [-0.1, -0.05) is 11.6 Å². The molecule has 2 aromatic heterocycles. The zero-order chi connectivity index (χ0) is 15.3. The molecule has 0 saturated heterocycles. The van der Waals surface area contributed by atoms with Gasteiger partial charge in [0.2, 0.25) is 0 Å². The van der Waals surface area contributed by atoms with Gasteiger partial charge in [-0.3, -0.25) is 0 Å². The number of rotatable bonds is 1. The lowest BCUT2D eigenvalue weighted by Crippen LogP contribution is -2.10. The molecule has 2 heterocycles. The van der Waals surface area contributed by atoms with Crippen LogP contribution < -0.4 is 5.73 Å². The fourth-order valence-corrected chi connectivity index (χ4v) is 2.87. The molecule has 1 aromatic carbocycles. The predicted molar refractivity (Wildman–Crippen MR) is 83.7 cm³/mol. The number of carbonyl (C=O) groups excluding carboxylic acids is 1. The molecule has 0 fully saturated rings. The van der Waals surface area contributed by atoms with Gasteiger partial charge in [0.1, 0.15) is 11.2 Å². The van der Waals surface area contributed by atoms with E-state index in [0.29, 0.717) is 22.0 Å². The van der Waals surface area contributed by atoms with Crippen molar-refractivity contribution in [1.29, 1.82) is 0 Å². The van der Waals surface area contributed by atoms with Crippen LogP contribution in [-0.4, -0.2) is 22.6 Å². The molecule has 3 aromatic rings. The molecular weight excluding hydrogens is 290 g/mol. The zero-order valence-corrected chi connectivity index (χ0v) is 12.7. The number of nitrogens with two attached hydrogens (primary N) is 1. The molecule has 0 radical (unpaired) electrons. The lowest BCUT2D eigenvalue weighted by atomic mass is 10.1.